The Balaban J connectivity index is 1.54. The van der Waals surface area contributed by atoms with Gasteiger partial charge in [0.2, 0.25) is 0 Å². The lowest BCUT2D eigenvalue weighted by Crippen LogP contribution is -2.39. The van der Waals surface area contributed by atoms with Crippen LogP contribution in [-0.2, 0) is 17.5 Å². The number of aromatic nitrogens is 4. The molecule has 0 saturated carbocycles. The van der Waals surface area contributed by atoms with Crippen LogP contribution in [0.25, 0.3) is 11.3 Å². The smallest absolute Gasteiger partial charge is 0.416 e. The summed E-state index contributed by atoms with van der Waals surface area (Å²) in [5, 5.41) is 8.95. The number of carbonyl (C=O) groups excluding carboxylic acids is 2. The molecule has 1 fully saturated rings. The van der Waals surface area contributed by atoms with E-state index in [-0.39, 0.29) is 35.8 Å². The number of rotatable bonds is 5. The van der Waals surface area contributed by atoms with Crippen LogP contribution in [0, 0.1) is 6.92 Å². The van der Waals surface area contributed by atoms with Crippen molar-refractivity contribution in [3.8, 4) is 11.3 Å². The number of halogens is 3. The Labute approximate surface area is 236 Å². The van der Waals surface area contributed by atoms with Crippen molar-refractivity contribution in [1.29, 1.82) is 0 Å². The van der Waals surface area contributed by atoms with E-state index in [0.717, 1.165) is 12.1 Å². The molecule has 0 bridgehead atoms. The SMILES string of the molecule is Cc1cc(Cn2cc(-c3nn(C4CCCN(C(=O)OC(C)(C)C)CCC4)c(N)c3C(N)=O)cn2)cc(C(F)(F)F)c1. The highest BCUT2D eigenvalue weighted by Crippen LogP contribution is 2.34. The number of nitrogen functional groups attached to an aromatic ring is 1. The standard InChI is InChI=1S/C28H36F3N7O3/c1-17-11-18(13-20(12-17)28(29,30)31)15-37-16-19(14-34-37)23-22(25(33)39)24(32)38(35-23)21-7-5-9-36(10-6-8-21)26(40)41-27(2,3)4/h11-14,16,21H,5-10,15,32H2,1-4H3,(H2,33,39). The zero-order chi connectivity index (χ0) is 30.1. The van der Waals surface area contributed by atoms with Crippen LogP contribution in [0.3, 0.4) is 0 Å². The van der Waals surface area contributed by atoms with E-state index in [1.54, 1.807) is 28.8 Å². The van der Waals surface area contributed by atoms with Gasteiger partial charge in [-0.3, -0.25) is 9.48 Å². The fourth-order valence-electron chi connectivity index (χ4n) is 5.09. The number of anilines is 1. The number of nitrogens with zero attached hydrogens (tertiary/aromatic N) is 5. The first-order valence-corrected chi connectivity index (χ1v) is 13.5. The minimum absolute atomic E-state index is 0.0666. The van der Waals surface area contributed by atoms with Crippen LogP contribution in [-0.4, -0.2) is 55.2 Å². The number of primary amides is 1. The van der Waals surface area contributed by atoms with Crippen molar-refractivity contribution in [1.82, 2.24) is 24.5 Å². The average Bonchev–Trinajstić information content (AvgIpc) is 3.41. The summed E-state index contributed by atoms with van der Waals surface area (Å²) in [6.07, 6.45) is 0.971. The van der Waals surface area contributed by atoms with Crippen LogP contribution in [0.15, 0.2) is 30.6 Å². The Bertz CT molecular complexity index is 1410. The van der Waals surface area contributed by atoms with Crippen LogP contribution in [0.4, 0.5) is 23.8 Å². The summed E-state index contributed by atoms with van der Waals surface area (Å²) in [7, 11) is 0. The maximum absolute atomic E-state index is 13.3. The third-order valence-electron chi connectivity index (χ3n) is 6.84. The van der Waals surface area contributed by atoms with E-state index >= 15 is 0 Å². The highest BCUT2D eigenvalue weighted by Gasteiger charge is 2.31. The number of nitrogens with two attached hydrogens (primary N) is 2. The number of ether oxygens (including phenoxy) is 1. The number of benzene rings is 1. The molecule has 4 N–H and O–H groups in total. The zero-order valence-corrected chi connectivity index (χ0v) is 23.7. The first-order valence-electron chi connectivity index (χ1n) is 13.5. The number of alkyl halides is 3. The molecule has 1 aromatic carbocycles. The molecular weight excluding hydrogens is 539 g/mol. The molecule has 1 aliphatic heterocycles. The van der Waals surface area contributed by atoms with Gasteiger partial charge in [0.25, 0.3) is 5.91 Å². The second-order valence-corrected chi connectivity index (χ2v) is 11.5. The molecule has 0 radical (unpaired) electrons. The normalized spacial score (nSPS) is 15.4. The summed E-state index contributed by atoms with van der Waals surface area (Å²) < 4.78 is 48.4. The van der Waals surface area contributed by atoms with Gasteiger partial charge in [0.15, 0.2) is 0 Å². The zero-order valence-electron chi connectivity index (χ0n) is 23.7. The number of likely N-dealkylation sites (tertiary alicyclic amines) is 1. The average molecular weight is 576 g/mol. The highest BCUT2D eigenvalue weighted by atomic mass is 19.4. The van der Waals surface area contributed by atoms with Gasteiger partial charge in [0.1, 0.15) is 22.7 Å². The third kappa shape index (κ3) is 7.19. The molecule has 0 unspecified atom stereocenters. The lowest BCUT2D eigenvalue weighted by atomic mass is 10.0. The van der Waals surface area contributed by atoms with Gasteiger partial charge in [0, 0.05) is 24.8 Å². The van der Waals surface area contributed by atoms with Crippen LogP contribution < -0.4 is 11.5 Å². The van der Waals surface area contributed by atoms with Gasteiger partial charge in [-0.1, -0.05) is 11.6 Å². The second-order valence-electron chi connectivity index (χ2n) is 11.5. The fourth-order valence-corrected chi connectivity index (χ4v) is 5.09. The van der Waals surface area contributed by atoms with Gasteiger partial charge in [-0.2, -0.15) is 23.4 Å². The largest absolute Gasteiger partial charge is 0.444 e. The van der Waals surface area contributed by atoms with Gasteiger partial charge < -0.3 is 21.1 Å². The van der Waals surface area contributed by atoms with Gasteiger partial charge in [0.05, 0.1) is 24.3 Å². The van der Waals surface area contributed by atoms with Crippen molar-refractivity contribution < 1.29 is 27.5 Å². The number of hydrogen-bond acceptors (Lipinski definition) is 6. The van der Waals surface area contributed by atoms with Gasteiger partial charge in [-0.25, -0.2) is 9.48 Å². The Morgan fingerprint density at radius 2 is 1.76 bits per heavy atom. The molecule has 0 spiro atoms. The predicted molar refractivity (Wildman–Crippen MR) is 147 cm³/mol. The van der Waals surface area contributed by atoms with E-state index < -0.39 is 23.2 Å². The highest BCUT2D eigenvalue weighted by molar-refractivity contribution is 6.03. The van der Waals surface area contributed by atoms with Gasteiger partial charge in [-0.05, 0) is 71.1 Å². The summed E-state index contributed by atoms with van der Waals surface area (Å²) in [4.78, 5) is 26.6. The van der Waals surface area contributed by atoms with Crippen LogP contribution >= 0.6 is 0 Å². The maximum atomic E-state index is 13.3. The number of aryl methyl sites for hydroxylation is 1. The number of hydrogen-bond donors (Lipinski definition) is 2. The molecule has 4 rings (SSSR count). The van der Waals surface area contributed by atoms with Crippen molar-refractivity contribution in [3.05, 3.63) is 52.8 Å². The molecule has 1 saturated heterocycles. The number of carbonyl (C=O) groups is 2. The first-order chi connectivity index (χ1) is 19.1. The molecule has 3 heterocycles. The van der Waals surface area contributed by atoms with Crippen LogP contribution in [0.2, 0.25) is 0 Å². The van der Waals surface area contributed by atoms with Crippen LogP contribution in [0.5, 0.6) is 0 Å². The lowest BCUT2D eigenvalue weighted by molar-refractivity contribution is -0.137. The Hall–Kier alpha value is -4.03. The van der Waals surface area contributed by atoms with E-state index in [2.05, 4.69) is 10.2 Å². The molecule has 2 aromatic heterocycles. The third-order valence-corrected chi connectivity index (χ3v) is 6.84. The van der Waals surface area contributed by atoms with Crippen molar-refractivity contribution >= 4 is 17.8 Å². The van der Waals surface area contributed by atoms with E-state index in [0.29, 0.717) is 55.5 Å². The fraction of sp³-hybridized carbons (Fsp3) is 0.500. The molecule has 0 aliphatic carbocycles. The van der Waals surface area contributed by atoms with E-state index in [1.807, 2.05) is 20.8 Å². The molecular formula is C28H36F3N7O3. The Morgan fingerprint density at radius 3 is 2.34 bits per heavy atom. The second kappa shape index (κ2) is 11.5. The van der Waals surface area contributed by atoms with Gasteiger partial charge in [-0.15, -0.1) is 0 Å². The summed E-state index contributed by atoms with van der Waals surface area (Å²) in [6, 6.07) is 3.73. The Morgan fingerprint density at radius 1 is 1.10 bits per heavy atom. The molecule has 2 amide bonds. The molecule has 222 valence electrons. The molecule has 0 atom stereocenters. The molecule has 3 aromatic rings. The molecule has 10 nitrogen and oxygen atoms in total. The summed E-state index contributed by atoms with van der Waals surface area (Å²) in [6.45, 7) is 8.21. The summed E-state index contributed by atoms with van der Waals surface area (Å²) in [5.74, 6) is -0.602. The Kier molecular flexibility index (Phi) is 8.36. The molecule has 13 heteroatoms. The lowest BCUT2D eigenvalue weighted by Gasteiger charge is -2.30. The summed E-state index contributed by atoms with van der Waals surface area (Å²) >= 11 is 0. The number of amides is 2. The molecule has 1 aliphatic rings. The van der Waals surface area contributed by atoms with Crippen molar-refractivity contribution in [3.63, 3.8) is 0 Å². The minimum Gasteiger partial charge on any atom is -0.444 e. The van der Waals surface area contributed by atoms with Gasteiger partial charge >= 0.3 is 12.3 Å². The van der Waals surface area contributed by atoms with Crippen molar-refractivity contribution in [2.45, 2.75) is 77.7 Å². The topological polar surface area (TPSA) is 134 Å². The van der Waals surface area contributed by atoms with Crippen molar-refractivity contribution in [2.75, 3.05) is 18.8 Å². The first kappa shape index (κ1) is 29.9. The minimum atomic E-state index is -4.46. The van der Waals surface area contributed by atoms with E-state index in [4.69, 9.17) is 16.2 Å². The van der Waals surface area contributed by atoms with Crippen LogP contribution in [0.1, 0.15) is 79.5 Å². The molecule has 41 heavy (non-hydrogen) atoms. The monoisotopic (exact) mass is 575 g/mol. The van der Waals surface area contributed by atoms with E-state index in [1.165, 1.54) is 10.9 Å². The van der Waals surface area contributed by atoms with Crippen molar-refractivity contribution in [2.24, 2.45) is 5.73 Å². The summed E-state index contributed by atoms with van der Waals surface area (Å²) in [5.41, 5.74) is 12.5. The quantitative estimate of drug-likeness (QED) is 0.432. The predicted octanol–water partition coefficient (Wildman–Crippen LogP) is 5.16. The van der Waals surface area contributed by atoms with E-state index in [9.17, 15) is 22.8 Å². The maximum Gasteiger partial charge on any atom is 0.416 e.